The Hall–Kier alpha value is -0.100. The molecule has 0 heterocycles. The molecule has 1 aromatic carbocycles. The lowest BCUT2D eigenvalue weighted by Gasteiger charge is -2.35. The third kappa shape index (κ3) is 4.20. The summed E-state index contributed by atoms with van der Waals surface area (Å²) in [6, 6.07) is 4.68. The molecule has 0 unspecified atom stereocenters. The first-order valence-electron chi connectivity index (χ1n) is 7.09. The highest BCUT2D eigenvalue weighted by molar-refractivity contribution is 9.11. The van der Waals surface area contributed by atoms with Crippen LogP contribution in [-0.4, -0.2) is 25.4 Å². The highest BCUT2D eigenvalue weighted by Gasteiger charge is 2.29. The van der Waals surface area contributed by atoms with Crippen LogP contribution in [0.5, 0.6) is 5.75 Å². The van der Waals surface area contributed by atoms with Crippen LogP contribution in [0.2, 0.25) is 0 Å². The first kappa shape index (κ1) is 16.3. The van der Waals surface area contributed by atoms with E-state index < -0.39 is 0 Å². The van der Waals surface area contributed by atoms with Crippen LogP contribution in [0, 0.1) is 0 Å². The Morgan fingerprint density at radius 3 is 2.60 bits per heavy atom. The van der Waals surface area contributed by atoms with Crippen LogP contribution in [0.25, 0.3) is 0 Å². The fourth-order valence-electron chi connectivity index (χ4n) is 2.41. The van der Waals surface area contributed by atoms with Gasteiger partial charge in [-0.15, -0.1) is 0 Å². The van der Waals surface area contributed by atoms with Crippen LogP contribution in [0.4, 0.5) is 0 Å². The van der Waals surface area contributed by atoms with E-state index in [1.54, 1.807) is 0 Å². The van der Waals surface area contributed by atoms with Crippen molar-refractivity contribution in [1.29, 1.82) is 0 Å². The van der Waals surface area contributed by atoms with Gasteiger partial charge in [-0.25, -0.2) is 0 Å². The lowest BCUT2D eigenvalue weighted by molar-refractivity contribution is -0.0102. The molecular weight excluding hydrogens is 386 g/mol. The summed E-state index contributed by atoms with van der Waals surface area (Å²) in [6.07, 6.45) is 2.65. The van der Waals surface area contributed by atoms with E-state index in [4.69, 9.17) is 9.47 Å². The van der Waals surface area contributed by atoms with Gasteiger partial charge in [0.2, 0.25) is 0 Å². The predicted molar refractivity (Wildman–Crippen MR) is 88.3 cm³/mol. The van der Waals surface area contributed by atoms with Crippen molar-refractivity contribution in [2.24, 2.45) is 0 Å². The zero-order valence-corrected chi connectivity index (χ0v) is 15.1. The maximum Gasteiger partial charge on any atom is 0.138 e. The summed E-state index contributed by atoms with van der Waals surface area (Å²) in [4.78, 5) is 0. The molecule has 112 valence electrons. The maximum atomic E-state index is 5.73. The Kier molecular flexibility index (Phi) is 6.33. The average Bonchev–Trinajstić information content (AvgIpc) is 2.35. The Bertz CT molecular complexity index is 448. The van der Waals surface area contributed by atoms with Crippen molar-refractivity contribution < 1.29 is 9.47 Å². The molecule has 1 aliphatic carbocycles. The highest BCUT2D eigenvalue weighted by Crippen LogP contribution is 2.33. The summed E-state index contributed by atoms with van der Waals surface area (Å²) in [5, 5.41) is 3.58. The van der Waals surface area contributed by atoms with E-state index in [1.165, 1.54) is 5.56 Å². The molecule has 1 aliphatic rings. The van der Waals surface area contributed by atoms with E-state index >= 15 is 0 Å². The molecule has 0 aromatic heterocycles. The van der Waals surface area contributed by atoms with Gasteiger partial charge in [-0.2, -0.15) is 0 Å². The van der Waals surface area contributed by atoms with E-state index in [1.807, 2.05) is 19.9 Å². The molecule has 5 heteroatoms. The Morgan fingerprint density at radius 1 is 1.20 bits per heavy atom. The smallest absolute Gasteiger partial charge is 0.138 e. The predicted octanol–water partition coefficient (Wildman–Crippen LogP) is 4.27. The largest absolute Gasteiger partial charge is 0.492 e. The van der Waals surface area contributed by atoms with Crippen LogP contribution in [0.3, 0.4) is 0 Å². The molecule has 1 N–H and O–H groups in total. The topological polar surface area (TPSA) is 30.5 Å². The lowest BCUT2D eigenvalue weighted by atomic mass is 9.89. The molecule has 0 aliphatic heterocycles. The van der Waals surface area contributed by atoms with Gasteiger partial charge in [0, 0.05) is 29.2 Å². The summed E-state index contributed by atoms with van der Waals surface area (Å²) in [5.74, 6) is 0.934. The summed E-state index contributed by atoms with van der Waals surface area (Å²) in [7, 11) is 0. The molecule has 0 atom stereocenters. The highest BCUT2D eigenvalue weighted by atomic mass is 79.9. The molecule has 1 fully saturated rings. The Morgan fingerprint density at radius 2 is 1.95 bits per heavy atom. The number of ether oxygens (including phenoxy) is 2. The van der Waals surface area contributed by atoms with E-state index in [-0.39, 0.29) is 0 Å². The first-order valence-corrected chi connectivity index (χ1v) is 8.68. The molecule has 0 radical (unpaired) electrons. The van der Waals surface area contributed by atoms with Crippen LogP contribution in [0.15, 0.2) is 21.1 Å². The van der Waals surface area contributed by atoms with Crippen molar-refractivity contribution in [3.63, 3.8) is 0 Å². The molecule has 3 nitrogen and oxygen atoms in total. The number of halogens is 2. The molecule has 2 rings (SSSR count). The maximum absolute atomic E-state index is 5.73. The monoisotopic (exact) mass is 405 g/mol. The van der Waals surface area contributed by atoms with Crippen LogP contribution >= 0.6 is 31.9 Å². The zero-order valence-electron chi connectivity index (χ0n) is 11.9. The SMILES string of the molecule is CCOc1c(Br)cc(Br)cc1CNC1CC(OCC)C1. The summed E-state index contributed by atoms with van der Waals surface area (Å²) >= 11 is 7.10. The second kappa shape index (κ2) is 7.78. The van der Waals surface area contributed by atoms with Crippen molar-refractivity contribution >= 4 is 31.9 Å². The second-order valence-electron chi connectivity index (χ2n) is 4.94. The van der Waals surface area contributed by atoms with Gasteiger partial charge in [-0.1, -0.05) is 15.9 Å². The van der Waals surface area contributed by atoms with E-state index in [2.05, 4.69) is 43.2 Å². The van der Waals surface area contributed by atoms with Gasteiger partial charge in [0.25, 0.3) is 0 Å². The van der Waals surface area contributed by atoms with Gasteiger partial charge in [-0.3, -0.25) is 0 Å². The van der Waals surface area contributed by atoms with Crippen LogP contribution < -0.4 is 10.1 Å². The number of benzene rings is 1. The Labute approximate surface area is 137 Å². The first-order chi connectivity index (χ1) is 9.63. The van der Waals surface area contributed by atoms with Gasteiger partial charge < -0.3 is 14.8 Å². The number of hydrogen-bond donors (Lipinski definition) is 1. The molecule has 1 saturated carbocycles. The van der Waals surface area contributed by atoms with E-state index in [0.29, 0.717) is 18.8 Å². The molecule has 0 bridgehead atoms. The molecule has 0 amide bonds. The number of rotatable bonds is 7. The fraction of sp³-hybridized carbons (Fsp3) is 0.600. The third-order valence-electron chi connectivity index (χ3n) is 3.45. The zero-order chi connectivity index (χ0) is 14.5. The molecular formula is C15H21Br2NO2. The van der Waals surface area contributed by atoms with Gasteiger partial charge in [0.1, 0.15) is 5.75 Å². The van der Waals surface area contributed by atoms with Gasteiger partial charge >= 0.3 is 0 Å². The van der Waals surface area contributed by atoms with E-state index in [9.17, 15) is 0 Å². The molecule has 1 aromatic rings. The minimum atomic E-state index is 0.443. The van der Waals surface area contributed by atoms with Crippen molar-refractivity contribution in [2.75, 3.05) is 13.2 Å². The molecule has 20 heavy (non-hydrogen) atoms. The number of nitrogens with one attached hydrogen (secondary N) is 1. The summed E-state index contributed by atoms with van der Waals surface area (Å²) in [5.41, 5.74) is 1.17. The normalized spacial score (nSPS) is 21.6. The third-order valence-corrected chi connectivity index (χ3v) is 4.50. The van der Waals surface area contributed by atoms with Crippen LogP contribution in [-0.2, 0) is 11.3 Å². The molecule has 0 spiro atoms. The number of hydrogen-bond acceptors (Lipinski definition) is 3. The standard InChI is InChI=1S/C15H21Br2NO2/c1-3-19-13-7-12(8-13)18-9-10-5-11(16)6-14(17)15(10)20-4-2/h5-6,12-13,18H,3-4,7-9H2,1-2H3. The van der Waals surface area contributed by atoms with Crippen molar-refractivity contribution in [2.45, 2.75) is 45.4 Å². The van der Waals surface area contributed by atoms with Crippen molar-refractivity contribution in [3.05, 3.63) is 26.6 Å². The van der Waals surface area contributed by atoms with Gasteiger partial charge in [-0.05, 0) is 54.8 Å². The van der Waals surface area contributed by atoms with Crippen LogP contribution in [0.1, 0.15) is 32.3 Å². The van der Waals surface area contributed by atoms with E-state index in [0.717, 1.165) is 40.7 Å². The second-order valence-corrected chi connectivity index (χ2v) is 6.71. The minimum absolute atomic E-state index is 0.443. The Balaban J connectivity index is 1.92. The minimum Gasteiger partial charge on any atom is -0.492 e. The van der Waals surface area contributed by atoms with Gasteiger partial charge in [0.15, 0.2) is 0 Å². The quantitative estimate of drug-likeness (QED) is 0.733. The summed E-state index contributed by atoms with van der Waals surface area (Å²) in [6.45, 7) is 6.35. The lowest BCUT2D eigenvalue weighted by Crippen LogP contribution is -2.45. The fourth-order valence-corrected chi connectivity index (χ4v) is 3.84. The summed E-state index contributed by atoms with van der Waals surface area (Å²) < 4.78 is 13.4. The average molecular weight is 407 g/mol. The van der Waals surface area contributed by atoms with Gasteiger partial charge in [0.05, 0.1) is 17.2 Å². The van der Waals surface area contributed by atoms with Crippen molar-refractivity contribution in [3.8, 4) is 5.75 Å². The van der Waals surface area contributed by atoms with Crippen molar-refractivity contribution in [1.82, 2.24) is 5.32 Å². The molecule has 0 saturated heterocycles.